The van der Waals surface area contributed by atoms with Gasteiger partial charge in [0.15, 0.2) is 0 Å². The summed E-state index contributed by atoms with van der Waals surface area (Å²) in [6.07, 6.45) is 2.78. The summed E-state index contributed by atoms with van der Waals surface area (Å²) in [7, 11) is -3.77. The van der Waals surface area contributed by atoms with Gasteiger partial charge < -0.3 is 5.11 Å². The van der Waals surface area contributed by atoms with Gasteiger partial charge in [0.25, 0.3) is 0 Å². The lowest BCUT2D eigenvalue weighted by molar-refractivity contribution is 0.0696. The average molecular weight is 332 g/mol. The Kier molecular flexibility index (Phi) is 4.91. The molecule has 0 spiro atoms. The van der Waals surface area contributed by atoms with E-state index in [9.17, 15) is 13.2 Å². The number of sulfonamides is 1. The topological polar surface area (TPSA) is 74.7 Å². The van der Waals surface area contributed by atoms with Crippen molar-refractivity contribution in [3.8, 4) is 0 Å². The SMILES string of the molecule is CCCN(CC1CC1)S(=O)(=O)c1cc(C(=O)O)ccc1Cl. The van der Waals surface area contributed by atoms with Gasteiger partial charge in [-0.1, -0.05) is 18.5 Å². The quantitative estimate of drug-likeness (QED) is 0.833. The minimum atomic E-state index is -3.77. The summed E-state index contributed by atoms with van der Waals surface area (Å²) >= 11 is 5.98. The number of carboxylic acids is 1. The molecule has 7 heteroatoms. The van der Waals surface area contributed by atoms with Crippen molar-refractivity contribution < 1.29 is 18.3 Å². The highest BCUT2D eigenvalue weighted by Gasteiger charge is 2.32. The van der Waals surface area contributed by atoms with Gasteiger partial charge in [-0.3, -0.25) is 0 Å². The standard InChI is InChI=1S/C14H18ClNO4S/c1-2-7-16(9-10-3-4-10)21(19,20)13-8-11(14(17)18)5-6-12(13)15/h5-6,8,10H,2-4,7,9H2,1H3,(H,17,18). The molecule has 0 bridgehead atoms. The van der Waals surface area contributed by atoms with E-state index in [4.69, 9.17) is 16.7 Å². The molecule has 0 atom stereocenters. The van der Waals surface area contributed by atoms with Crippen LogP contribution < -0.4 is 0 Å². The summed E-state index contributed by atoms with van der Waals surface area (Å²) in [6.45, 7) is 2.79. The Morgan fingerprint density at radius 3 is 2.62 bits per heavy atom. The lowest BCUT2D eigenvalue weighted by Crippen LogP contribution is -2.34. The van der Waals surface area contributed by atoms with Crippen LogP contribution in [-0.2, 0) is 10.0 Å². The smallest absolute Gasteiger partial charge is 0.335 e. The van der Waals surface area contributed by atoms with E-state index in [-0.39, 0.29) is 15.5 Å². The predicted molar refractivity (Wildman–Crippen MR) is 80.2 cm³/mol. The number of halogens is 1. The minimum Gasteiger partial charge on any atom is -0.478 e. The third-order valence-electron chi connectivity index (χ3n) is 3.43. The number of hydrogen-bond donors (Lipinski definition) is 1. The van der Waals surface area contributed by atoms with Crippen LogP contribution in [-0.4, -0.2) is 36.9 Å². The van der Waals surface area contributed by atoms with Gasteiger partial charge in [-0.05, 0) is 43.4 Å². The maximum atomic E-state index is 12.7. The van der Waals surface area contributed by atoms with Crippen molar-refractivity contribution in [3.63, 3.8) is 0 Å². The molecule has 1 saturated carbocycles. The number of benzene rings is 1. The molecule has 0 radical (unpaired) electrons. The summed E-state index contributed by atoms with van der Waals surface area (Å²) in [5.41, 5.74) is -0.0826. The Hall–Kier alpha value is -1.11. The fourth-order valence-corrected chi connectivity index (χ4v) is 4.23. The zero-order valence-electron chi connectivity index (χ0n) is 11.8. The molecule has 0 aromatic heterocycles. The van der Waals surface area contributed by atoms with Crippen LogP contribution in [0, 0.1) is 5.92 Å². The highest BCUT2D eigenvalue weighted by Crippen LogP contribution is 2.33. The second-order valence-corrected chi connectivity index (χ2v) is 7.57. The molecular formula is C14H18ClNO4S. The predicted octanol–water partition coefficient (Wildman–Crippen LogP) is 2.85. The normalized spacial score (nSPS) is 15.4. The van der Waals surface area contributed by atoms with Crippen LogP contribution in [0.2, 0.25) is 5.02 Å². The van der Waals surface area contributed by atoms with Crippen molar-refractivity contribution in [1.29, 1.82) is 0 Å². The number of aromatic carboxylic acids is 1. The van der Waals surface area contributed by atoms with E-state index >= 15 is 0 Å². The Morgan fingerprint density at radius 1 is 1.43 bits per heavy atom. The van der Waals surface area contributed by atoms with Gasteiger partial charge in [-0.25, -0.2) is 13.2 Å². The number of nitrogens with zero attached hydrogens (tertiary/aromatic N) is 1. The highest BCUT2D eigenvalue weighted by molar-refractivity contribution is 7.89. The molecule has 1 aromatic rings. The van der Waals surface area contributed by atoms with Gasteiger partial charge in [0, 0.05) is 13.1 Å². The van der Waals surface area contributed by atoms with Crippen LogP contribution in [0.4, 0.5) is 0 Å². The molecule has 1 aromatic carbocycles. The molecule has 5 nitrogen and oxygen atoms in total. The van der Waals surface area contributed by atoms with E-state index in [2.05, 4.69) is 0 Å². The molecule has 1 aliphatic carbocycles. The third kappa shape index (κ3) is 3.75. The Bertz CT molecular complexity index is 640. The molecule has 0 amide bonds. The molecule has 0 unspecified atom stereocenters. The Morgan fingerprint density at radius 2 is 2.10 bits per heavy atom. The molecule has 2 rings (SSSR count). The maximum absolute atomic E-state index is 12.7. The second-order valence-electron chi connectivity index (χ2n) is 5.26. The first-order valence-electron chi connectivity index (χ1n) is 6.89. The van der Waals surface area contributed by atoms with Crippen molar-refractivity contribution in [2.75, 3.05) is 13.1 Å². The monoisotopic (exact) mass is 331 g/mol. The molecular weight excluding hydrogens is 314 g/mol. The first kappa shape index (κ1) is 16.3. The highest BCUT2D eigenvalue weighted by atomic mass is 35.5. The Balaban J connectivity index is 2.40. The van der Waals surface area contributed by atoms with E-state index in [1.807, 2.05) is 6.92 Å². The molecule has 1 aliphatic rings. The fourth-order valence-electron chi connectivity index (χ4n) is 2.12. The summed E-state index contributed by atoms with van der Waals surface area (Å²) in [5.74, 6) is -0.764. The van der Waals surface area contributed by atoms with E-state index in [0.29, 0.717) is 25.4 Å². The van der Waals surface area contributed by atoms with Crippen molar-refractivity contribution in [2.24, 2.45) is 5.92 Å². The Labute approximate surface area is 129 Å². The fraction of sp³-hybridized carbons (Fsp3) is 0.500. The number of hydrogen-bond acceptors (Lipinski definition) is 3. The maximum Gasteiger partial charge on any atom is 0.335 e. The van der Waals surface area contributed by atoms with Gasteiger partial charge in [0.2, 0.25) is 10.0 Å². The first-order chi connectivity index (χ1) is 9.86. The largest absolute Gasteiger partial charge is 0.478 e. The summed E-state index contributed by atoms with van der Waals surface area (Å²) in [4.78, 5) is 10.9. The van der Waals surface area contributed by atoms with E-state index in [1.165, 1.54) is 16.4 Å². The van der Waals surface area contributed by atoms with E-state index in [1.54, 1.807) is 0 Å². The minimum absolute atomic E-state index is 0.0527. The third-order valence-corrected chi connectivity index (χ3v) is 5.77. The molecule has 116 valence electrons. The molecule has 0 aliphatic heterocycles. The van der Waals surface area contributed by atoms with Crippen LogP contribution in [0.5, 0.6) is 0 Å². The molecule has 1 N–H and O–H groups in total. The van der Waals surface area contributed by atoms with Gasteiger partial charge in [0.05, 0.1) is 10.6 Å². The van der Waals surface area contributed by atoms with E-state index in [0.717, 1.165) is 18.9 Å². The zero-order chi connectivity index (χ0) is 15.6. The van der Waals surface area contributed by atoms with Crippen molar-refractivity contribution >= 4 is 27.6 Å². The number of carbonyl (C=O) groups is 1. The molecule has 0 saturated heterocycles. The first-order valence-corrected chi connectivity index (χ1v) is 8.71. The van der Waals surface area contributed by atoms with Crippen LogP contribution >= 0.6 is 11.6 Å². The summed E-state index contributed by atoms with van der Waals surface area (Å²) in [5, 5.41) is 9.06. The van der Waals surface area contributed by atoms with Gasteiger partial charge in [0.1, 0.15) is 4.90 Å². The van der Waals surface area contributed by atoms with Gasteiger partial charge in [-0.15, -0.1) is 0 Å². The van der Waals surface area contributed by atoms with Crippen LogP contribution in [0.15, 0.2) is 23.1 Å². The van der Waals surface area contributed by atoms with Crippen molar-refractivity contribution in [3.05, 3.63) is 28.8 Å². The zero-order valence-corrected chi connectivity index (χ0v) is 13.3. The van der Waals surface area contributed by atoms with Crippen LogP contribution in [0.1, 0.15) is 36.5 Å². The second kappa shape index (κ2) is 6.34. The van der Waals surface area contributed by atoms with Gasteiger partial charge >= 0.3 is 5.97 Å². The van der Waals surface area contributed by atoms with Crippen molar-refractivity contribution in [1.82, 2.24) is 4.31 Å². The van der Waals surface area contributed by atoms with Gasteiger partial charge in [-0.2, -0.15) is 4.31 Å². The summed E-state index contributed by atoms with van der Waals surface area (Å²) in [6, 6.07) is 3.75. The molecule has 1 fully saturated rings. The molecule has 0 heterocycles. The van der Waals surface area contributed by atoms with Crippen LogP contribution in [0.25, 0.3) is 0 Å². The summed E-state index contributed by atoms with van der Waals surface area (Å²) < 4.78 is 26.9. The van der Waals surface area contributed by atoms with Crippen LogP contribution in [0.3, 0.4) is 0 Å². The number of carboxylic acid groups (broad SMARTS) is 1. The lowest BCUT2D eigenvalue weighted by atomic mass is 10.2. The average Bonchev–Trinajstić information content (AvgIpc) is 3.22. The van der Waals surface area contributed by atoms with Crippen molar-refractivity contribution in [2.45, 2.75) is 31.1 Å². The van der Waals surface area contributed by atoms with E-state index < -0.39 is 16.0 Å². The molecule has 21 heavy (non-hydrogen) atoms. The lowest BCUT2D eigenvalue weighted by Gasteiger charge is -2.22. The number of rotatable bonds is 7.